The molecule has 0 heterocycles. The van der Waals surface area contributed by atoms with Gasteiger partial charge >= 0.3 is 0 Å². The van der Waals surface area contributed by atoms with E-state index < -0.39 is 6.29 Å². The van der Waals surface area contributed by atoms with Crippen molar-refractivity contribution in [3.05, 3.63) is 0 Å². The van der Waals surface area contributed by atoms with E-state index in [4.69, 9.17) is 0 Å². The van der Waals surface area contributed by atoms with Crippen molar-refractivity contribution in [3.8, 4) is 0 Å². The van der Waals surface area contributed by atoms with Crippen LogP contribution in [-0.2, 0) is 9.84 Å². The normalized spacial score (nSPS) is 14.1. The van der Waals surface area contributed by atoms with Crippen LogP contribution in [0.1, 0.15) is 0 Å². The summed E-state index contributed by atoms with van der Waals surface area (Å²) < 4.78 is 4.51. The van der Waals surface area contributed by atoms with Gasteiger partial charge in [-0.2, -0.15) is 0 Å². The molecule has 0 aliphatic rings. The van der Waals surface area contributed by atoms with E-state index in [0.717, 1.165) is 0 Å². The Kier molecular flexibility index (Phi) is 5.66. The Morgan fingerprint density at radius 3 is 2.29 bits per heavy atom. The summed E-state index contributed by atoms with van der Waals surface area (Å²) in [6.07, 6.45) is -0.931. The molecular formula is C3H5Br2O2. The first-order valence-corrected chi connectivity index (χ1v) is 3.95. The van der Waals surface area contributed by atoms with E-state index in [1.54, 1.807) is 0 Å². The molecule has 0 aromatic carbocycles. The lowest BCUT2D eigenvalue weighted by atomic mass is 10.8. The van der Waals surface area contributed by atoms with E-state index in [0.29, 0.717) is 10.8 Å². The molecule has 0 saturated heterocycles. The molecule has 0 rings (SSSR count). The van der Waals surface area contributed by atoms with E-state index in [1.165, 1.54) is 0 Å². The molecule has 0 aromatic rings. The van der Waals surface area contributed by atoms with Crippen molar-refractivity contribution in [2.75, 3.05) is 10.8 Å². The zero-order chi connectivity index (χ0) is 5.70. The molecule has 0 aliphatic heterocycles. The molecule has 2 nitrogen and oxygen atoms in total. The van der Waals surface area contributed by atoms with Crippen LogP contribution in [0.4, 0.5) is 0 Å². The van der Waals surface area contributed by atoms with Crippen molar-refractivity contribution in [1.82, 2.24) is 0 Å². The van der Waals surface area contributed by atoms with Crippen LogP contribution in [-0.4, -0.2) is 17.1 Å². The molecule has 7 heavy (non-hydrogen) atoms. The number of hydrogen-bond acceptors (Lipinski definition) is 1. The Bertz CT molecular complexity index is 41.9. The van der Waals surface area contributed by atoms with Crippen LogP contribution in [0, 0.1) is 0 Å². The van der Waals surface area contributed by atoms with Crippen LogP contribution in [0.3, 0.4) is 0 Å². The topological polar surface area (TPSA) is 29.1 Å². The highest BCUT2D eigenvalue weighted by atomic mass is 79.9. The third kappa shape index (κ3) is 4.74. The maximum absolute atomic E-state index is 10.2. The van der Waals surface area contributed by atoms with Crippen molar-refractivity contribution in [2.45, 2.75) is 6.29 Å². The van der Waals surface area contributed by atoms with Crippen LogP contribution in [0.5, 0.6) is 0 Å². The van der Waals surface area contributed by atoms with Gasteiger partial charge in [-0.1, -0.05) is 31.9 Å². The molecule has 0 amide bonds. The van der Waals surface area contributed by atoms with Gasteiger partial charge in [-0.25, -0.2) is 5.11 Å². The van der Waals surface area contributed by atoms with E-state index in [2.05, 4.69) is 36.6 Å². The van der Waals surface area contributed by atoms with Crippen molar-refractivity contribution < 1.29 is 9.84 Å². The summed E-state index contributed by atoms with van der Waals surface area (Å²) in [5, 5.41) is 10.5. The van der Waals surface area contributed by atoms with E-state index in [1.807, 2.05) is 0 Å². The standard InChI is InChI=1S/C3H5Br2O2/c4-1-3(6)7-2-5/h3H,1-2H2. The fourth-order valence-corrected chi connectivity index (χ4v) is 0.597. The molecule has 4 heteroatoms. The van der Waals surface area contributed by atoms with Gasteiger partial charge in [0.25, 0.3) is 0 Å². The second-order valence-corrected chi connectivity index (χ2v) is 1.96. The fraction of sp³-hybridized carbons (Fsp3) is 1.00. The maximum Gasteiger partial charge on any atom is 0.201 e. The summed E-state index contributed by atoms with van der Waals surface area (Å²) in [6.45, 7) is 0. The molecule has 0 saturated carbocycles. The summed E-state index contributed by atoms with van der Waals surface area (Å²) in [6, 6.07) is 0. The highest BCUT2D eigenvalue weighted by Gasteiger charge is 1.98. The summed E-state index contributed by atoms with van der Waals surface area (Å²) >= 11 is 5.91. The van der Waals surface area contributed by atoms with Crippen molar-refractivity contribution >= 4 is 31.9 Å². The molecule has 0 fully saturated rings. The molecule has 0 N–H and O–H groups in total. The summed E-state index contributed by atoms with van der Waals surface area (Å²) in [4.78, 5) is 0. The van der Waals surface area contributed by atoms with Gasteiger partial charge in [0.15, 0.2) is 0 Å². The van der Waals surface area contributed by atoms with Gasteiger partial charge in [0.1, 0.15) is 5.52 Å². The average Bonchev–Trinajstić information content (AvgIpc) is 1.68. The molecule has 0 aromatic heterocycles. The number of hydrogen-bond donors (Lipinski definition) is 0. The maximum atomic E-state index is 10.2. The molecule has 0 bridgehead atoms. The van der Waals surface area contributed by atoms with E-state index in [9.17, 15) is 5.11 Å². The SMILES string of the molecule is [O]C(CBr)OCBr. The fourth-order valence-electron chi connectivity index (χ4n) is 0.115. The Morgan fingerprint density at radius 1 is 1.57 bits per heavy atom. The first kappa shape index (κ1) is 7.88. The van der Waals surface area contributed by atoms with Crippen LogP contribution in [0.2, 0.25) is 0 Å². The second kappa shape index (κ2) is 5.03. The molecule has 1 unspecified atom stereocenters. The third-order valence-corrected chi connectivity index (χ3v) is 1.17. The minimum absolute atomic E-state index is 0.312. The number of halogens is 2. The highest BCUT2D eigenvalue weighted by Crippen LogP contribution is 1.94. The van der Waals surface area contributed by atoms with Gasteiger partial charge in [0.2, 0.25) is 6.29 Å². The predicted octanol–water partition coefficient (Wildman–Crippen LogP) is 1.51. The quantitative estimate of drug-likeness (QED) is 0.536. The van der Waals surface area contributed by atoms with Crippen LogP contribution < -0.4 is 0 Å². The molecule has 0 aliphatic carbocycles. The zero-order valence-electron chi connectivity index (χ0n) is 3.56. The van der Waals surface area contributed by atoms with Crippen LogP contribution >= 0.6 is 31.9 Å². The monoisotopic (exact) mass is 231 g/mol. The van der Waals surface area contributed by atoms with E-state index in [-0.39, 0.29) is 0 Å². The van der Waals surface area contributed by atoms with Gasteiger partial charge in [-0.05, 0) is 0 Å². The number of rotatable bonds is 3. The largest absolute Gasteiger partial charge is 0.338 e. The van der Waals surface area contributed by atoms with Crippen molar-refractivity contribution in [2.24, 2.45) is 0 Å². The summed E-state index contributed by atoms with van der Waals surface area (Å²) in [7, 11) is 0. The predicted molar refractivity (Wildman–Crippen MR) is 33.1 cm³/mol. The van der Waals surface area contributed by atoms with Crippen LogP contribution in [0.25, 0.3) is 0 Å². The zero-order valence-corrected chi connectivity index (χ0v) is 6.74. The lowest BCUT2D eigenvalue weighted by Crippen LogP contribution is -2.09. The van der Waals surface area contributed by atoms with Gasteiger partial charge in [-0.3, -0.25) is 0 Å². The summed E-state index contributed by atoms with van der Waals surface area (Å²) in [5.74, 6) is 0. The lowest BCUT2D eigenvalue weighted by Gasteiger charge is -1.99. The Hall–Kier alpha value is 0.880. The first-order chi connectivity index (χ1) is 3.31. The number of alkyl halides is 2. The Morgan fingerprint density at radius 2 is 2.14 bits per heavy atom. The molecule has 43 valence electrons. The highest BCUT2D eigenvalue weighted by molar-refractivity contribution is 9.09. The van der Waals surface area contributed by atoms with Gasteiger partial charge in [0, 0.05) is 0 Å². The van der Waals surface area contributed by atoms with Gasteiger partial charge in [0.05, 0.1) is 5.33 Å². The lowest BCUT2D eigenvalue weighted by molar-refractivity contribution is -0.104. The minimum Gasteiger partial charge on any atom is -0.338 e. The third-order valence-electron chi connectivity index (χ3n) is 0.375. The van der Waals surface area contributed by atoms with Crippen molar-refractivity contribution in [3.63, 3.8) is 0 Å². The Balaban J connectivity index is 2.83. The molecule has 0 spiro atoms. The number of ether oxygens (including phenoxy) is 1. The average molecular weight is 233 g/mol. The van der Waals surface area contributed by atoms with Crippen molar-refractivity contribution in [1.29, 1.82) is 0 Å². The van der Waals surface area contributed by atoms with Gasteiger partial charge < -0.3 is 4.74 Å². The Labute approximate surface area is 59.1 Å². The molecule has 1 radical (unpaired) electrons. The minimum atomic E-state index is -0.931. The molecular weight excluding hydrogens is 228 g/mol. The smallest absolute Gasteiger partial charge is 0.201 e. The van der Waals surface area contributed by atoms with Gasteiger partial charge in [-0.15, -0.1) is 0 Å². The second-order valence-electron chi connectivity index (χ2n) is 0.860. The van der Waals surface area contributed by atoms with Crippen LogP contribution in [0.15, 0.2) is 0 Å². The summed E-state index contributed by atoms with van der Waals surface area (Å²) in [5.41, 5.74) is 0.312. The van der Waals surface area contributed by atoms with E-state index >= 15 is 0 Å². The molecule has 1 atom stereocenters. The first-order valence-electron chi connectivity index (χ1n) is 1.70.